The van der Waals surface area contributed by atoms with Crippen LogP contribution in [0.2, 0.25) is 0 Å². The van der Waals surface area contributed by atoms with Crippen molar-refractivity contribution in [2.75, 3.05) is 4.90 Å². The summed E-state index contributed by atoms with van der Waals surface area (Å²) in [6.07, 6.45) is 1.71. The standard InChI is InChI=1S/C19H17IN4/c1-3-24-19-15-9-5-4-8-14(15)12-23(13(2)20)17-11-7-6-10-16(17)18(19)21-22-24/h3-11,13H,1,12H2,2H3. The summed E-state index contributed by atoms with van der Waals surface area (Å²) < 4.78 is 2.13. The molecule has 2 aromatic carbocycles. The number of halogens is 1. The Labute approximate surface area is 154 Å². The van der Waals surface area contributed by atoms with Crippen LogP contribution in [0, 0.1) is 0 Å². The predicted molar refractivity (Wildman–Crippen MR) is 107 cm³/mol. The van der Waals surface area contributed by atoms with Crippen molar-refractivity contribution in [2.45, 2.75) is 17.5 Å². The lowest BCUT2D eigenvalue weighted by Crippen LogP contribution is -2.29. The van der Waals surface area contributed by atoms with Gasteiger partial charge in [0, 0.05) is 29.6 Å². The van der Waals surface area contributed by atoms with Crippen LogP contribution >= 0.6 is 22.6 Å². The maximum absolute atomic E-state index is 4.48. The lowest BCUT2D eigenvalue weighted by Gasteiger charge is -2.32. The number of rotatable bonds is 2. The van der Waals surface area contributed by atoms with Gasteiger partial charge in [0.1, 0.15) is 11.4 Å². The molecule has 1 aliphatic heterocycles. The number of aromatic nitrogens is 3. The van der Waals surface area contributed by atoms with Gasteiger partial charge in [-0.1, -0.05) is 76.8 Å². The van der Waals surface area contributed by atoms with Gasteiger partial charge in [0.25, 0.3) is 0 Å². The molecule has 120 valence electrons. The third kappa shape index (κ3) is 2.34. The van der Waals surface area contributed by atoms with Crippen LogP contribution in [-0.2, 0) is 6.54 Å². The SMILES string of the molecule is C=Cn1nnc2c1-c1ccccc1CN(C(C)I)c1ccccc1-2. The van der Waals surface area contributed by atoms with E-state index in [1.165, 1.54) is 11.3 Å². The molecular weight excluding hydrogens is 411 g/mol. The molecule has 0 amide bonds. The Kier molecular flexibility index (Phi) is 3.88. The minimum Gasteiger partial charge on any atom is -0.355 e. The first-order chi connectivity index (χ1) is 11.7. The largest absolute Gasteiger partial charge is 0.355 e. The highest BCUT2D eigenvalue weighted by atomic mass is 127. The van der Waals surface area contributed by atoms with Gasteiger partial charge in [0.15, 0.2) is 0 Å². The van der Waals surface area contributed by atoms with Crippen LogP contribution in [0.5, 0.6) is 0 Å². The molecule has 4 nitrogen and oxygen atoms in total. The topological polar surface area (TPSA) is 34.0 Å². The Morgan fingerprint density at radius 1 is 1.12 bits per heavy atom. The van der Waals surface area contributed by atoms with Gasteiger partial charge in [-0.3, -0.25) is 0 Å². The second-order valence-corrected chi connectivity index (χ2v) is 7.59. The van der Waals surface area contributed by atoms with Crippen LogP contribution in [-0.4, -0.2) is 19.0 Å². The van der Waals surface area contributed by atoms with Crippen molar-refractivity contribution < 1.29 is 0 Å². The van der Waals surface area contributed by atoms with E-state index in [0.717, 1.165) is 29.1 Å². The van der Waals surface area contributed by atoms with Crippen molar-refractivity contribution in [1.29, 1.82) is 0 Å². The molecule has 0 bridgehead atoms. The van der Waals surface area contributed by atoms with E-state index in [1.807, 2.05) is 0 Å². The van der Waals surface area contributed by atoms with Crippen LogP contribution in [0.25, 0.3) is 28.7 Å². The number of hydrogen-bond acceptors (Lipinski definition) is 3. The molecule has 0 aliphatic carbocycles. The van der Waals surface area contributed by atoms with Crippen molar-refractivity contribution in [1.82, 2.24) is 15.0 Å². The summed E-state index contributed by atoms with van der Waals surface area (Å²) in [6, 6.07) is 16.9. The smallest absolute Gasteiger partial charge is 0.123 e. The fourth-order valence-corrected chi connectivity index (χ4v) is 3.75. The summed E-state index contributed by atoms with van der Waals surface area (Å²) in [5.41, 5.74) is 6.63. The van der Waals surface area contributed by atoms with Crippen LogP contribution in [0.15, 0.2) is 55.1 Å². The molecular formula is C19H17IN4. The molecule has 1 atom stereocenters. The highest BCUT2D eigenvalue weighted by molar-refractivity contribution is 14.1. The van der Waals surface area contributed by atoms with Gasteiger partial charge in [0.2, 0.25) is 0 Å². The molecule has 3 aromatic rings. The van der Waals surface area contributed by atoms with Crippen molar-refractivity contribution in [2.24, 2.45) is 0 Å². The molecule has 4 rings (SSSR count). The molecule has 2 heterocycles. The van der Waals surface area contributed by atoms with Gasteiger partial charge in [0.05, 0.1) is 4.05 Å². The van der Waals surface area contributed by atoms with E-state index in [-0.39, 0.29) is 0 Å². The quantitative estimate of drug-likeness (QED) is 0.334. The summed E-state index contributed by atoms with van der Waals surface area (Å²) in [5, 5.41) is 8.77. The minimum absolute atomic E-state index is 0.354. The van der Waals surface area contributed by atoms with Crippen LogP contribution in [0.1, 0.15) is 12.5 Å². The Bertz CT molecular complexity index is 913. The van der Waals surface area contributed by atoms with Crippen molar-refractivity contribution in [3.8, 4) is 22.5 Å². The summed E-state index contributed by atoms with van der Waals surface area (Å²) in [7, 11) is 0. The van der Waals surface area contributed by atoms with Gasteiger partial charge in [-0.05, 0) is 18.6 Å². The van der Waals surface area contributed by atoms with E-state index in [2.05, 4.69) is 99.8 Å². The summed E-state index contributed by atoms with van der Waals surface area (Å²) in [6.45, 7) is 6.94. The van der Waals surface area contributed by atoms with Crippen LogP contribution in [0.3, 0.4) is 0 Å². The fourth-order valence-electron chi connectivity index (χ4n) is 3.25. The van der Waals surface area contributed by atoms with Gasteiger partial charge in [-0.15, -0.1) is 5.10 Å². The molecule has 1 unspecified atom stereocenters. The molecule has 0 N–H and O–H groups in total. The number of para-hydroxylation sites is 1. The number of alkyl halides is 1. The second-order valence-electron chi connectivity index (χ2n) is 5.79. The predicted octanol–water partition coefficient (Wildman–Crippen LogP) is 4.81. The number of fused-ring (bicyclic) bond motifs is 5. The average Bonchev–Trinajstić information content (AvgIpc) is 3.01. The maximum atomic E-state index is 4.48. The maximum Gasteiger partial charge on any atom is 0.123 e. The number of benzene rings is 2. The van der Waals surface area contributed by atoms with Gasteiger partial charge < -0.3 is 4.90 Å². The third-order valence-corrected chi connectivity index (χ3v) is 5.05. The molecule has 1 aliphatic rings. The van der Waals surface area contributed by atoms with Crippen LogP contribution in [0.4, 0.5) is 5.69 Å². The molecule has 24 heavy (non-hydrogen) atoms. The minimum atomic E-state index is 0.354. The summed E-state index contributed by atoms with van der Waals surface area (Å²) >= 11 is 2.47. The highest BCUT2D eigenvalue weighted by Crippen LogP contribution is 2.41. The Morgan fingerprint density at radius 2 is 1.83 bits per heavy atom. The Morgan fingerprint density at radius 3 is 2.58 bits per heavy atom. The van der Waals surface area contributed by atoms with Crippen molar-refractivity contribution in [3.05, 3.63) is 60.7 Å². The first kappa shape index (κ1) is 15.4. The number of anilines is 1. The van der Waals surface area contributed by atoms with E-state index in [0.29, 0.717) is 4.05 Å². The molecule has 0 spiro atoms. The second kappa shape index (κ2) is 6.05. The molecule has 0 saturated heterocycles. The van der Waals surface area contributed by atoms with Crippen LogP contribution < -0.4 is 4.90 Å². The van der Waals surface area contributed by atoms with Gasteiger partial charge in [-0.2, -0.15) is 0 Å². The van der Waals surface area contributed by atoms with E-state index in [1.54, 1.807) is 10.9 Å². The monoisotopic (exact) mass is 428 g/mol. The lowest BCUT2D eigenvalue weighted by molar-refractivity contribution is 0.811. The normalized spacial score (nSPS) is 14.0. The summed E-state index contributed by atoms with van der Waals surface area (Å²) in [4.78, 5) is 2.41. The van der Waals surface area contributed by atoms with Gasteiger partial charge in [-0.25, -0.2) is 4.68 Å². The van der Waals surface area contributed by atoms with E-state index in [4.69, 9.17) is 0 Å². The Balaban J connectivity index is 2.10. The highest BCUT2D eigenvalue weighted by Gasteiger charge is 2.26. The van der Waals surface area contributed by atoms with E-state index < -0.39 is 0 Å². The molecule has 0 fully saturated rings. The third-order valence-electron chi connectivity index (χ3n) is 4.38. The number of nitrogens with zero attached hydrogens (tertiary/aromatic N) is 4. The molecule has 5 heteroatoms. The van der Waals surface area contributed by atoms with Gasteiger partial charge >= 0.3 is 0 Å². The lowest BCUT2D eigenvalue weighted by atomic mass is 9.96. The fraction of sp³-hybridized carbons (Fsp3) is 0.158. The molecule has 1 aromatic heterocycles. The van der Waals surface area contributed by atoms with E-state index in [9.17, 15) is 0 Å². The molecule has 0 saturated carbocycles. The van der Waals surface area contributed by atoms with E-state index >= 15 is 0 Å². The zero-order valence-electron chi connectivity index (χ0n) is 13.4. The van der Waals surface area contributed by atoms with Crippen molar-refractivity contribution in [3.63, 3.8) is 0 Å². The summed E-state index contributed by atoms with van der Waals surface area (Å²) in [5.74, 6) is 0. The number of hydrogen-bond donors (Lipinski definition) is 0. The Hall–Kier alpha value is -2.15. The zero-order chi connectivity index (χ0) is 16.7. The molecule has 0 radical (unpaired) electrons. The average molecular weight is 428 g/mol. The first-order valence-corrected chi connectivity index (χ1v) is 9.11. The first-order valence-electron chi connectivity index (χ1n) is 7.87. The zero-order valence-corrected chi connectivity index (χ0v) is 15.5. The van der Waals surface area contributed by atoms with Crippen molar-refractivity contribution >= 4 is 34.5 Å².